The Morgan fingerprint density at radius 3 is 2.38 bits per heavy atom. The summed E-state index contributed by atoms with van der Waals surface area (Å²) >= 11 is 0. The summed E-state index contributed by atoms with van der Waals surface area (Å²) in [7, 11) is 3.94. The highest BCUT2D eigenvalue weighted by Gasteiger charge is 2.39. The van der Waals surface area contributed by atoms with Crippen LogP contribution in [0, 0.1) is 5.41 Å². The van der Waals surface area contributed by atoms with Crippen LogP contribution in [0.15, 0.2) is 70.9 Å². The number of nitrogens with zero attached hydrogens (tertiary/aromatic N) is 1. The first-order chi connectivity index (χ1) is 15.0. The predicted molar refractivity (Wildman–Crippen MR) is 134 cm³/mol. The van der Waals surface area contributed by atoms with E-state index in [9.17, 15) is 9.59 Å². The average Bonchev–Trinajstić information content (AvgIpc) is 2.69. The van der Waals surface area contributed by atoms with E-state index in [0.29, 0.717) is 18.4 Å². The molecule has 1 aliphatic rings. The van der Waals surface area contributed by atoms with Crippen LogP contribution in [0.25, 0.3) is 0 Å². The molecular formula is C28H41NO3. The molecule has 32 heavy (non-hydrogen) atoms. The number of hydrogen-bond donors (Lipinski definition) is 0. The third kappa shape index (κ3) is 9.35. The summed E-state index contributed by atoms with van der Waals surface area (Å²) in [6.07, 6.45) is 17.2. The zero-order valence-electron chi connectivity index (χ0n) is 21.2. The Hall–Kier alpha value is -2.46. The summed E-state index contributed by atoms with van der Waals surface area (Å²) < 4.78 is 5.57. The number of carbonyl (C=O) groups is 2. The molecule has 0 bridgehead atoms. The first kappa shape index (κ1) is 27.6. The van der Waals surface area contributed by atoms with Crippen molar-refractivity contribution in [2.75, 3.05) is 20.6 Å². The molecule has 0 aromatic heterocycles. The third-order valence-corrected chi connectivity index (χ3v) is 5.53. The van der Waals surface area contributed by atoms with Gasteiger partial charge in [-0.25, -0.2) is 0 Å². The van der Waals surface area contributed by atoms with Crippen LogP contribution in [0.1, 0.15) is 60.8 Å². The van der Waals surface area contributed by atoms with Crippen molar-refractivity contribution >= 4 is 11.8 Å². The van der Waals surface area contributed by atoms with Crippen LogP contribution < -0.4 is 0 Å². The number of allylic oxidation sites excluding steroid dienone is 11. The zero-order valence-corrected chi connectivity index (χ0v) is 21.2. The Morgan fingerprint density at radius 1 is 1.12 bits per heavy atom. The fourth-order valence-corrected chi connectivity index (χ4v) is 3.68. The molecule has 176 valence electrons. The number of hydrogen-bond acceptors (Lipinski definition) is 4. The zero-order chi connectivity index (χ0) is 24.3. The van der Waals surface area contributed by atoms with E-state index in [4.69, 9.17) is 4.74 Å². The van der Waals surface area contributed by atoms with Gasteiger partial charge in [-0.3, -0.25) is 9.59 Å². The number of ketones is 1. The first-order valence-electron chi connectivity index (χ1n) is 11.4. The van der Waals surface area contributed by atoms with E-state index in [1.807, 2.05) is 70.1 Å². The lowest BCUT2D eigenvalue weighted by atomic mass is 9.71. The summed E-state index contributed by atoms with van der Waals surface area (Å²) in [5.74, 6) is -0.381. The van der Waals surface area contributed by atoms with Gasteiger partial charge in [-0.1, -0.05) is 73.6 Å². The second-order valence-electron chi connectivity index (χ2n) is 9.42. The summed E-state index contributed by atoms with van der Waals surface area (Å²) in [5.41, 5.74) is 3.69. The van der Waals surface area contributed by atoms with Crippen molar-refractivity contribution in [2.24, 2.45) is 5.41 Å². The lowest BCUT2D eigenvalue weighted by Crippen LogP contribution is -2.39. The molecule has 1 atom stereocenters. The van der Waals surface area contributed by atoms with Gasteiger partial charge >= 0.3 is 5.97 Å². The molecular weight excluding hydrogens is 398 g/mol. The molecule has 0 saturated carbocycles. The topological polar surface area (TPSA) is 46.6 Å². The van der Waals surface area contributed by atoms with Crippen molar-refractivity contribution in [1.82, 2.24) is 4.90 Å². The smallest absolute Gasteiger partial charge is 0.306 e. The fourth-order valence-electron chi connectivity index (χ4n) is 3.68. The number of esters is 1. The number of ether oxygens (including phenoxy) is 1. The maximum Gasteiger partial charge on any atom is 0.306 e. The first-order valence-corrected chi connectivity index (χ1v) is 11.4. The van der Waals surface area contributed by atoms with Crippen molar-refractivity contribution in [2.45, 2.75) is 66.9 Å². The molecule has 0 aliphatic heterocycles. The maximum absolute atomic E-state index is 12.9. The molecule has 4 heteroatoms. The van der Waals surface area contributed by atoms with Gasteiger partial charge in [0, 0.05) is 12.8 Å². The van der Waals surface area contributed by atoms with Crippen molar-refractivity contribution in [1.29, 1.82) is 0 Å². The molecule has 0 radical (unpaired) electrons. The molecule has 0 saturated heterocycles. The molecule has 0 amide bonds. The van der Waals surface area contributed by atoms with E-state index >= 15 is 0 Å². The van der Waals surface area contributed by atoms with Gasteiger partial charge < -0.3 is 9.64 Å². The number of carbonyl (C=O) groups excluding carboxylic acids is 2. The van der Waals surface area contributed by atoms with E-state index in [-0.39, 0.29) is 17.2 Å². The molecule has 1 rings (SSSR count). The highest BCUT2D eigenvalue weighted by Crippen LogP contribution is 2.40. The lowest BCUT2D eigenvalue weighted by Gasteiger charge is -2.36. The van der Waals surface area contributed by atoms with Crippen molar-refractivity contribution in [3.05, 3.63) is 70.9 Å². The molecule has 0 N–H and O–H groups in total. The Bertz CT molecular complexity index is 848. The fraction of sp³-hybridized carbons (Fsp3) is 0.500. The van der Waals surface area contributed by atoms with E-state index in [2.05, 4.69) is 39.0 Å². The lowest BCUT2D eigenvalue weighted by molar-refractivity contribution is -0.156. The molecule has 1 aliphatic carbocycles. The van der Waals surface area contributed by atoms with Gasteiger partial charge in [-0.05, 0) is 71.3 Å². The second kappa shape index (κ2) is 13.2. The van der Waals surface area contributed by atoms with Gasteiger partial charge in [0.25, 0.3) is 0 Å². The summed E-state index contributed by atoms with van der Waals surface area (Å²) in [6, 6.07) is 0. The summed E-state index contributed by atoms with van der Waals surface area (Å²) in [6.45, 7) is 13.0. The van der Waals surface area contributed by atoms with Crippen LogP contribution in [0.4, 0.5) is 0 Å². The third-order valence-electron chi connectivity index (χ3n) is 5.53. The van der Waals surface area contributed by atoms with E-state index < -0.39 is 6.10 Å². The minimum absolute atomic E-state index is 0.0868. The number of rotatable bonds is 10. The summed E-state index contributed by atoms with van der Waals surface area (Å²) in [5, 5.41) is 0. The van der Waals surface area contributed by atoms with Crippen molar-refractivity contribution < 1.29 is 14.3 Å². The minimum atomic E-state index is -0.694. The van der Waals surface area contributed by atoms with E-state index in [1.54, 1.807) is 0 Å². The summed E-state index contributed by atoms with van der Waals surface area (Å²) in [4.78, 5) is 27.1. The van der Waals surface area contributed by atoms with Gasteiger partial charge in [0.1, 0.15) is 0 Å². The normalized spacial score (nSPS) is 20.4. The quantitative estimate of drug-likeness (QED) is 0.303. The van der Waals surface area contributed by atoms with Crippen LogP contribution in [0.3, 0.4) is 0 Å². The van der Waals surface area contributed by atoms with Crippen LogP contribution >= 0.6 is 0 Å². The second-order valence-corrected chi connectivity index (χ2v) is 9.42. The standard InChI is InChI=1S/C28H41NO3/c1-9-10-13-21(2)14-11-15-22(3)17-18-24-23(4)27(31)25(20-28(24,5)6)32-26(30)16-12-19-29(7)8/h9-11,13-15,17-18,25H,12,16,19-20H2,1-8H3. The highest BCUT2D eigenvalue weighted by molar-refractivity contribution is 6.01. The van der Waals surface area contributed by atoms with Gasteiger partial charge in [-0.2, -0.15) is 0 Å². The Kier molecular flexibility index (Phi) is 11.3. The van der Waals surface area contributed by atoms with Gasteiger partial charge in [-0.15, -0.1) is 0 Å². The molecule has 1 unspecified atom stereocenters. The molecule has 0 heterocycles. The largest absolute Gasteiger partial charge is 0.454 e. The Balaban J connectivity index is 2.89. The van der Waals surface area contributed by atoms with Crippen LogP contribution in [0.2, 0.25) is 0 Å². The van der Waals surface area contributed by atoms with E-state index in [0.717, 1.165) is 24.1 Å². The molecule has 0 fully saturated rings. The number of Topliss-reactive ketones (excluding diaryl/α,β-unsaturated/α-hetero) is 1. The van der Waals surface area contributed by atoms with Gasteiger partial charge in [0.15, 0.2) is 11.9 Å². The molecule has 0 spiro atoms. The minimum Gasteiger partial charge on any atom is -0.454 e. The Morgan fingerprint density at radius 2 is 1.75 bits per heavy atom. The molecule has 0 aromatic rings. The van der Waals surface area contributed by atoms with E-state index in [1.165, 1.54) is 5.57 Å². The Labute approximate surface area is 195 Å². The molecule has 0 aromatic carbocycles. The SMILES string of the molecule is CC=CC=C(C)C=CC=C(C)C=CC1=C(C)C(=O)C(OC(=O)CCCN(C)C)CC1(C)C. The monoisotopic (exact) mass is 439 g/mol. The predicted octanol–water partition coefficient (Wildman–Crippen LogP) is 6.14. The van der Waals surface area contributed by atoms with Crippen LogP contribution in [-0.2, 0) is 14.3 Å². The van der Waals surface area contributed by atoms with Crippen molar-refractivity contribution in [3.8, 4) is 0 Å². The molecule has 4 nitrogen and oxygen atoms in total. The highest BCUT2D eigenvalue weighted by atomic mass is 16.5. The van der Waals surface area contributed by atoms with Gasteiger partial charge in [0.05, 0.1) is 0 Å². The average molecular weight is 440 g/mol. The van der Waals surface area contributed by atoms with Crippen LogP contribution in [0.5, 0.6) is 0 Å². The van der Waals surface area contributed by atoms with Gasteiger partial charge in [0.2, 0.25) is 0 Å². The maximum atomic E-state index is 12.9. The van der Waals surface area contributed by atoms with Crippen LogP contribution in [-0.4, -0.2) is 43.4 Å². The van der Waals surface area contributed by atoms with Crippen molar-refractivity contribution in [3.63, 3.8) is 0 Å².